The first-order valence-electron chi connectivity index (χ1n) is 10.4. The molecule has 0 bridgehead atoms. The molecule has 1 heterocycles. The molecule has 2 atom stereocenters. The molecular weight excluding hydrogens is 383 g/mol. The average molecular weight is 413 g/mol. The lowest BCUT2D eigenvalue weighted by molar-refractivity contribution is -0.144. The molecule has 2 amide bonds. The van der Waals surface area contributed by atoms with Crippen molar-refractivity contribution in [3.05, 3.63) is 71.5 Å². The van der Waals surface area contributed by atoms with Crippen molar-refractivity contribution in [2.24, 2.45) is 5.92 Å². The molecule has 160 valence electrons. The van der Waals surface area contributed by atoms with Crippen LogP contribution < -0.4 is 5.32 Å². The van der Waals surface area contributed by atoms with Crippen LogP contribution in [-0.2, 0) is 20.9 Å². The van der Waals surface area contributed by atoms with Gasteiger partial charge in [0, 0.05) is 25.6 Å². The van der Waals surface area contributed by atoms with Gasteiger partial charge in [-0.15, -0.1) is 0 Å². The van der Waals surface area contributed by atoms with E-state index in [9.17, 15) is 14.0 Å². The summed E-state index contributed by atoms with van der Waals surface area (Å²) in [7, 11) is 0. The van der Waals surface area contributed by atoms with Gasteiger partial charge in [-0.2, -0.15) is 0 Å². The van der Waals surface area contributed by atoms with Crippen LogP contribution in [0.1, 0.15) is 43.9 Å². The number of carbonyl (C=O) groups excluding carboxylic acids is 2. The summed E-state index contributed by atoms with van der Waals surface area (Å²) in [5.74, 6) is -1.01. The molecule has 1 N–H and O–H groups in total. The van der Waals surface area contributed by atoms with E-state index >= 15 is 0 Å². The molecule has 0 radical (unpaired) electrons. The molecule has 0 aromatic heterocycles. The quantitative estimate of drug-likeness (QED) is 0.717. The lowest BCUT2D eigenvalue weighted by Gasteiger charge is -2.33. The molecule has 30 heavy (non-hydrogen) atoms. The minimum absolute atomic E-state index is 0.0109. The highest BCUT2D eigenvalue weighted by atomic mass is 19.1. The summed E-state index contributed by atoms with van der Waals surface area (Å²) in [6.45, 7) is 4.97. The molecule has 6 heteroatoms. The average Bonchev–Trinajstić information content (AvgIpc) is 3.27. The van der Waals surface area contributed by atoms with Gasteiger partial charge >= 0.3 is 0 Å². The zero-order valence-electron chi connectivity index (χ0n) is 17.5. The number of amides is 2. The van der Waals surface area contributed by atoms with Crippen LogP contribution in [0, 0.1) is 11.7 Å². The Bertz CT molecular complexity index is 833. The highest BCUT2D eigenvalue weighted by Gasteiger charge is 2.33. The number of hydrogen-bond donors (Lipinski definition) is 1. The van der Waals surface area contributed by atoms with Crippen LogP contribution in [0.5, 0.6) is 0 Å². The van der Waals surface area contributed by atoms with Gasteiger partial charge < -0.3 is 15.0 Å². The number of rotatable bonds is 8. The van der Waals surface area contributed by atoms with Crippen LogP contribution in [-0.4, -0.2) is 36.0 Å². The van der Waals surface area contributed by atoms with Gasteiger partial charge in [-0.05, 0) is 36.1 Å². The fraction of sp³-hybridized carbons (Fsp3) is 0.417. The van der Waals surface area contributed by atoms with Gasteiger partial charge in [-0.25, -0.2) is 4.39 Å². The number of ether oxygens (including phenoxy) is 1. The maximum absolute atomic E-state index is 13.4. The SMILES string of the molecule is CC(C)C(=O)N(Cc1ccc(F)cc1)[C@@H](C(=O)NC[C@H]1CCCO1)c1ccccc1. The molecule has 1 aliphatic rings. The summed E-state index contributed by atoms with van der Waals surface area (Å²) in [6, 6.07) is 14.5. The van der Waals surface area contributed by atoms with Crippen LogP contribution in [0.15, 0.2) is 54.6 Å². The topological polar surface area (TPSA) is 58.6 Å². The van der Waals surface area contributed by atoms with Crippen molar-refractivity contribution in [2.75, 3.05) is 13.2 Å². The second-order valence-corrected chi connectivity index (χ2v) is 7.94. The van der Waals surface area contributed by atoms with Gasteiger partial charge in [0.1, 0.15) is 11.9 Å². The third-order valence-corrected chi connectivity index (χ3v) is 5.25. The number of hydrogen-bond acceptors (Lipinski definition) is 3. The number of carbonyl (C=O) groups is 2. The second-order valence-electron chi connectivity index (χ2n) is 7.94. The number of nitrogens with one attached hydrogen (secondary N) is 1. The van der Waals surface area contributed by atoms with Crippen molar-refractivity contribution in [2.45, 2.75) is 45.4 Å². The van der Waals surface area contributed by atoms with E-state index in [2.05, 4.69) is 5.32 Å². The molecule has 1 aliphatic heterocycles. The molecule has 1 saturated heterocycles. The summed E-state index contributed by atoms with van der Waals surface area (Å²) >= 11 is 0. The van der Waals surface area contributed by atoms with Crippen molar-refractivity contribution in [3.8, 4) is 0 Å². The summed E-state index contributed by atoms with van der Waals surface area (Å²) in [4.78, 5) is 28.0. The van der Waals surface area contributed by atoms with Crippen molar-refractivity contribution >= 4 is 11.8 Å². The van der Waals surface area contributed by atoms with E-state index in [1.54, 1.807) is 17.0 Å². The largest absolute Gasteiger partial charge is 0.376 e. The second kappa shape index (κ2) is 10.3. The first kappa shape index (κ1) is 22.0. The molecule has 0 unspecified atom stereocenters. The van der Waals surface area contributed by atoms with Gasteiger partial charge in [-0.1, -0.05) is 56.3 Å². The Hall–Kier alpha value is -2.73. The molecule has 0 spiro atoms. The van der Waals surface area contributed by atoms with Crippen LogP contribution in [0.2, 0.25) is 0 Å². The highest BCUT2D eigenvalue weighted by Crippen LogP contribution is 2.26. The third-order valence-electron chi connectivity index (χ3n) is 5.25. The Labute approximate surface area is 177 Å². The molecule has 3 rings (SSSR count). The van der Waals surface area contributed by atoms with E-state index < -0.39 is 6.04 Å². The van der Waals surface area contributed by atoms with Gasteiger partial charge in [-0.3, -0.25) is 9.59 Å². The number of halogens is 1. The Kier molecular flexibility index (Phi) is 7.57. The van der Waals surface area contributed by atoms with Crippen molar-refractivity contribution < 1.29 is 18.7 Å². The van der Waals surface area contributed by atoms with Gasteiger partial charge in [0.2, 0.25) is 11.8 Å². The molecule has 1 fully saturated rings. The molecule has 2 aromatic carbocycles. The lowest BCUT2D eigenvalue weighted by atomic mass is 10.0. The van der Waals surface area contributed by atoms with Crippen LogP contribution >= 0.6 is 0 Å². The first-order valence-corrected chi connectivity index (χ1v) is 10.4. The van der Waals surface area contributed by atoms with E-state index in [0.717, 1.165) is 24.0 Å². The maximum Gasteiger partial charge on any atom is 0.247 e. The van der Waals surface area contributed by atoms with Crippen molar-refractivity contribution in [1.29, 1.82) is 0 Å². The maximum atomic E-state index is 13.4. The monoisotopic (exact) mass is 412 g/mol. The van der Waals surface area contributed by atoms with Crippen LogP contribution in [0.25, 0.3) is 0 Å². The van der Waals surface area contributed by atoms with Crippen molar-refractivity contribution in [1.82, 2.24) is 10.2 Å². The zero-order valence-corrected chi connectivity index (χ0v) is 17.5. The summed E-state index contributed by atoms with van der Waals surface area (Å²) in [5, 5.41) is 2.97. The van der Waals surface area contributed by atoms with Crippen molar-refractivity contribution in [3.63, 3.8) is 0 Å². The first-order chi connectivity index (χ1) is 14.5. The van der Waals surface area contributed by atoms with Crippen LogP contribution in [0.4, 0.5) is 4.39 Å². The van der Waals surface area contributed by atoms with E-state index in [1.807, 2.05) is 44.2 Å². The van der Waals surface area contributed by atoms with Crippen LogP contribution in [0.3, 0.4) is 0 Å². The Balaban J connectivity index is 1.89. The number of benzene rings is 2. The predicted octanol–water partition coefficient (Wildman–Crippen LogP) is 3.85. The Morgan fingerprint density at radius 3 is 2.43 bits per heavy atom. The minimum Gasteiger partial charge on any atom is -0.376 e. The summed E-state index contributed by atoms with van der Waals surface area (Å²) in [5.41, 5.74) is 1.50. The van der Waals surface area contributed by atoms with E-state index in [0.29, 0.717) is 13.2 Å². The Morgan fingerprint density at radius 2 is 1.83 bits per heavy atom. The molecular formula is C24H29FN2O3. The summed E-state index contributed by atoms with van der Waals surface area (Å²) in [6.07, 6.45) is 1.92. The molecule has 2 aromatic rings. The molecule has 0 saturated carbocycles. The fourth-order valence-corrected chi connectivity index (χ4v) is 3.64. The lowest BCUT2D eigenvalue weighted by Crippen LogP contribution is -2.46. The van der Waals surface area contributed by atoms with E-state index in [1.165, 1.54) is 12.1 Å². The summed E-state index contributed by atoms with van der Waals surface area (Å²) < 4.78 is 19.0. The minimum atomic E-state index is -0.785. The van der Waals surface area contributed by atoms with E-state index in [4.69, 9.17) is 4.74 Å². The van der Waals surface area contributed by atoms with E-state index in [-0.39, 0.29) is 36.2 Å². The normalized spacial score (nSPS) is 17.0. The fourth-order valence-electron chi connectivity index (χ4n) is 3.64. The van der Waals surface area contributed by atoms with Gasteiger partial charge in [0.05, 0.1) is 6.10 Å². The highest BCUT2D eigenvalue weighted by molar-refractivity contribution is 5.89. The standard InChI is InChI=1S/C24H29FN2O3/c1-17(2)24(29)27(16-18-10-12-20(25)13-11-18)22(19-7-4-3-5-8-19)23(28)26-15-21-9-6-14-30-21/h3-5,7-8,10-13,17,21-22H,6,9,14-16H2,1-2H3,(H,26,28)/t21-,22-/m1/s1. The Morgan fingerprint density at radius 1 is 1.13 bits per heavy atom. The third kappa shape index (κ3) is 5.66. The zero-order chi connectivity index (χ0) is 21.5. The predicted molar refractivity (Wildman–Crippen MR) is 113 cm³/mol. The molecule has 5 nitrogen and oxygen atoms in total. The molecule has 0 aliphatic carbocycles. The smallest absolute Gasteiger partial charge is 0.247 e. The number of nitrogens with zero attached hydrogens (tertiary/aromatic N) is 1. The van der Waals surface area contributed by atoms with Gasteiger partial charge in [0.25, 0.3) is 0 Å². The van der Waals surface area contributed by atoms with Gasteiger partial charge in [0.15, 0.2) is 0 Å².